The Morgan fingerprint density at radius 1 is 1.53 bits per heavy atom. The van der Waals surface area contributed by atoms with Gasteiger partial charge in [-0.2, -0.15) is 0 Å². The molecule has 0 aliphatic heterocycles. The van der Waals surface area contributed by atoms with Gasteiger partial charge in [0.2, 0.25) is 0 Å². The molecule has 0 spiro atoms. The van der Waals surface area contributed by atoms with Gasteiger partial charge in [0.15, 0.2) is 0 Å². The Kier molecular flexibility index (Phi) is 6.21. The summed E-state index contributed by atoms with van der Waals surface area (Å²) in [6.07, 6.45) is 2.54. The number of hydrogen-bond donors (Lipinski definition) is 1. The largest absolute Gasteiger partial charge is 0.465 e. The van der Waals surface area contributed by atoms with Gasteiger partial charge in [-0.15, -0.1) is 0 Å². The third-order valence-corrected chi connectivity index (χ3v) is 2.71. The summed E-state index contributed by atoms with van der Waals surface area (Å²) in [5, 5.41) is 0. The first-order valence-electron chi connectivity index (χ1n) is 6.24. The second-order valence-corrected chi connectivity index (χ2v) is 4.43. The van der Waals surface area contributed by atoms with Crippen LogP contribution in [0.5, 0.6) is 0 Å². The Balaban J connectivity index is 2.88. The second kappa shape index (κ2) is 7.68. The van der Waals surface area contributed by atoms with Gasteiger partial charge < -0.3 is 15.4 Å². The molecule has 0 saturated heterocycles. The predicted molar refractivity (Wildman–Crippen MR) is 79.3 cm³/mol. The zero-order valence-corrected chi connectivity index (χ0v) is 12.1. The van der Waals surface area contributed by atoms with Crippen molar-refractivity contribution in [1.82, 2.24) is 4.98 Å². The molecule has 0 atom stereocenters. The van der Waals surface area contributed by atoms with Gasteiger partial charge in [-0.05, 0) is 25.5 Å². The number of nitrogens with two attached hydrogens (primary N) is 1. The predicted octanol–water partition coefficient (Wildman–Crippen LogP) is 1.50. The fraction of sp³-hybridized carbons (Fsp3) is 0.462. The lowest BCUT2D eigenvalue weighted by molar-refractivity contribution is -0.141. The minimum absolute atomic E-state index is 0.176. The Labute approximate surface area is 118 Å². The number of hydrogen-bond acceptors (Lipinski definition) is 5. The van der Waals surface area contributed by atoms with E-state index in [1.165, 1.54) is 0 Å². The number of pyridine rings is 1. The molecular formula is C13H19N3O2S. The van der Waals surface area contributed by atoms with Crippen molar-refractivity contribution in [2.75, 3.05) is 24.6 Å². The van der Waals surface area contributed by atoms with Crippen molar-refractivity contribution in [2.45, 2.75) is 20.3 Å². The van der Waals surface area contributed by atoms with Crippen LogP contribution in [0.25, 0.3) is 0 Å². The lowest BCUT2D eigenvalue weighted by Crippen LogP contribution is -2.32. The summed E-state index contributed by atoms with van der Waals surface area (Å²) in [6, 6.07) is 3.54. The first kappa shape index (κ1) is 15.4. The molecule has 0 aliphatic rings. The average Bonchev–Trinajstić information content (AvgIpc) is 2.38. The number of anilines is 1. The van der Waals surface area contributed by atoms with Crippen LogP contribution >= 0.6 is 12.2 Å². The van der Waals surface area contributed by atoms with Crippen molar-refractivity contribution >= 4 is 29.0 Å². The Morgan fingerprint density at radius 2 is 2.26 bits per heavy atom. The Bertz CT molecular complexity index is 451. The van der Waals surface area contributed by atoms with E-state index in [9.17, 15) is 4.79 Å². The highest BCUT2D eigenvalue weighted by molar-refractivity contribution is 7.80. The van der Waals surface area contributed by atoms with Crippen LogP contribution in [0.1, 0.15) is 25.8 Å². The van der Waals surface area contributed by atoms with Gasteiger partial charge in [-0.3, -0.25) is 4.79 Å². The van der Waals surface area contributed by atoms with Crippen LogP contribution < -0.4 is 10.6 Å². The number of carbonyl (C=O) groups excluding carboxylic acids is 1. The van der Waals surface area contributed by atoms with Gasteiger partial charge in [0.1, 0.15) is 17.4 Å². The van der Waals surface area contributed by atoms with Crippen LogP contribution in [-0.4, -0.2) is 35.6 Å². The minimum atomic E-state index is -0.265. The highest BCUT2D eigenvalue weighted by atomic mass is 32.1. The van der Waals surface area contributed by atoms with Gasteiger partial charge in [-0.1, -0.05) is 19.1 Å². The smallest absolute Gasteiger partial charge is 0.325 e. The van der Waals surface area contributed by atoms with E-state index in [4.69, 9.17) is 22.7 Å². The molecule has 0 fully saturated rings. The Morgan fingerprint density at radius 3 is 2.84 bits per heavy atom. The molecule has 0 unspecified atom stereocenters. The highest BCUT2D eigenvalue weighted by Gasteiger charge is 2.13. The van der Waals surface area contributed by atoms with Crippen molar-refractivity contribution in [3.63, 3.8) is 0 Å². The van der Waals surface area contributed by atoms with E-state index >= 15 is 0 Å². The van der Waals surface area contributed by atoms with E-state index in [1.54, 1.807) is 25.3 Å². The summed E-state index contributed by atoms with van der Waals surface area (Å²) < 4.78 is 4.96. The summed E-state index contributed by atoms with van der Waals surface area (Å²) in [5.74, 6) is 0.415. The number of rotatable bonds is 7. The van der Waals surface area contributed by atoms with Crippen LogP contribution in [0.2, 0.25) is 0 Å². The monoisotopic (exact) mass is 281 g/mol. The zero-order valence-electron chi connectivity index (χ0n) is 11.3. The zero-order chi connectivity index (χ0) is 14.3. The van der Waals surface area contributed by atoms with Gasteiger partial charge in [0, 0.05) is 18.3 Å². The van der Waals surface area contributed by atoms with Crippen LogP contribution in [0, 0.1) is 0 Å². The molecule has 0 saturated carbocycles. The molecule has 0 radical (unpaired) electrons. The molecule has 1 rings (SSSR count). The van der Waals surface area contributed by atoms with Gasteiger partial charge in [0.25, 0.3) is 0 Å². The van der Waals surface area contributed by atoms with Crippen LogP contribution in [0.15, 0.2) is 18.3 Å². The van der Waals surface area contributed by atoms with E-state index in [-0.39, 0.29) is 12.5 Å². The van der Waals surface area contributed by atoms with E-state index in [1.807, 2.05) is 11.8 Å². The first-order valence-corrected chi connectivity index (χ1v) is 6.65. The molecule has 0 aliphatic carbocycles. The minimum Gasteiger partial charge on any atom is -0.465 e. The van der Waals surface area contributed by atoms with Crippen molar-refractivity contribution in [3.8, 4) is 0 Å². The lowest BCUT2D eigenvalue weighted by Gasteiger charge is -2.22. The van der Waals surface area contributed by atoms with E-state index in [0.29, 0.717) is 24.0 Å². The number of carbonyl (C=O) groups is 1. The fourth-order valence-corrected chi connectivity index (χ4v) is 1.78. The number of esters is 1. The number of thiocarbonyl (C=S) groups is 1. The Hall–Kier alpha value is -1.69. The molecule has 0 aromatic carbocycles. The topological polar surface area (TPSA) is 68.5 Å². The van der Waals surface area contributed by atoms with Gasteiger partial charge in [0.05, 0.1) is 6.61 Å². The summed E-state index contributed by atoms with van der Waals surface area (Å²) >= 11 is 4.94. The molecule has 19 heavy (non-hydrogen) atoms. The average molecular weight is 281 g/mol. The molecule has 1 aromatic heterocycles. The third kappa shape index (κ3) is 4.82. The normalized spacial score (nSPS) is 10.0. The van der Waals surface area contributed by atoms with Crippen molar-refractivity contribution < 1.29 is 9.53 Å². The van der Waals surface area contributed by atoms with E-state index in [0.717, 1.165) is 12.0 Å². The summed E-state index contributed by atoms with van der Waals surface area (Å²) in [4.78, 5) is 18.0. The maximum atomic E-state index is 11.6. The van der Waals surface area contributed by atoms with E-state index in [2.05, 4.69) is 4.98 Å². The summed E-state index contributed by atoms with van der Waals surface area (Å²) in [5.41, 5.74) is 6.34. The molecule has 6 heteroatoms. The highest BCUT2D eigenvalue weighted by Crippen LogP contribution is 2.13. The lowest BCUT2D eigenvalue weighted by atomic mass is 10.2. The maximum absolute atomic E-state index is 11.6. The van der Waals surface area contributed by atoms with Crippen molar-refractivity contribution in [3.05, 3.63) is 23.9 Å². The molecule has 1 aromatic rings. The fourth-order valence-electron chi connectivity index (χ4n) is 1.65. The van der Waals surface area contributed by atoms with Crippen LogP contribution in [-0.2, 0) is 9.53 Å². The molecule has 2 N–H and O–H groups in total. The van der Waals surface area contributed by atoms with Crippen LogP contribution in [0.4, 0.5) is 5.82 Å². The van der Waals surface area contributed by atoms with E-state index < -0.39 is 0 Å². The number of ether oxygens (including phenoxy) is 1. The quantitative estimate of drug-likeness (QED) is 0.603. The first-order chi connectivity index (χ1) is 9.08. The number of nitrogens with zero attached hydrogens (tertiary/aromatic N) is 2. The van der Waals surface area contributed by atoms with Crippen molar-refractivity contribution in [2.24, 2.45) is 5.73 Å². The molecule has 0 amide bonds. The maximum Gasteiger partial charge on any atom is 0.325 e. The summed E-state index contributed by atoms with van der Waals surface area (Å²) in [7, 11) is 0. The molecule has 1 heterocycles. The molecule has 104 valence electrons. The summed E-state index contributed by atoms with van der Waals surface area (Å²) in [6.45, 7) is 5.09. The SMILES string of the molecule is CCCN(CC(=O)OCC)c1cc(C(N)=S)ccn1. The van der Waals surface area contributed by atoms with Gasteiger partial charge in [-0.25, -0.2) is 4.98 Å². The standard InChI is InChI=1S/C13H19N3O2S/c1-3-7-16(9-12(17)18-4-2)11-8-10(13(14)19)5-6-15-11/h5-6,8H,3-4,7,9H2,1-2H3,(H2,14,19). The second-order valence-electron chi connectivity index (χ2n) is 3.99. The van der Waals surface area contributed by atoms with Crippen LogP contribution in [0.3, 0.4) is 0 Å². The van der Waals surface area contributed by atoms with Crippen molar-refractivity contribution in [1.29, 1.82) is 0 Å². The third-order valence-electron chi connectivity index (χ3n) is 2.47. The van der Waals surface area contributed by atoms with Gasteiger partial charge >= 0.3 is 5.97 Å². The number of aromatic nitrogens is 1. The molecule has 5 nitrogen and oxygen atoms in total. The molecular weight excluding hydrogens is 262 g/mol. The molecule has 0 bridgehead atoms.